The Morgan fingerprint density at radius 1 is 0.750 bits per heavy atom. The van der Waals surface area contributed by atoms with E-state index in [2.05, 4.69) is 0 Å². The average molecular weight is 530 g/mol. The lowest BCUT2D eigenvalue weighted by atomic mass is 9.55. The van der Waals surface area contributed by atoms with Crippen molar-refractivity contribution >= 4 is 6.47 Å². The van der Waals surface area contributed by atoms with E-state index >= 15 is 0 Å². The Morgan fingerprint density at radius 3 is 1.78 bits per heavy atom. The Hall–Kier alpha value is -1.13. The topological polar surface area (TPSA) is 275 Å². The van der Waals surface area contributed by atoms with Gasteiger partial charge in [-0.3, -0.25) is 4.79 Å². The second-order valence-corrected chi connectivity index (χ2v) is 9.04. The first-order chi connectivity index (χ1) is 17.0. The Bertz CT molecular complexity index is 783. The summed E-state index contributed by atoms with van der Waals surface area (Å²) in [7, 11) is 0. The Morgan fingerprint density at radius 2 is 1.28 bits per heavy atom. The molecule has 208 valence electrons. The predicted octanol–water partition coefficient (Wildman–Crippen LogP) is -7.64. The van der Waals surface area contributed by atoms with E-state index in [1.165, 1.54) is 0 Å². The van der Waals surface area contributed by atoms with Crippen LogP contribution in [0.25, 0.3) is 0 Å². The fourth-order valence-electron chi connectivity index (χ4n) is 5.08. The molecule has 0 bridgehead atoms. The van der Waals surface area contributed by atoms with Gasteiger partial charge in [-0.15, -0.1) is 0 Å². The highest BCUT2D eigenvalue weighted by Gasteiger charge is 2.88. The van der Waals surface area contributed by atoms with Gasteiger partial charge in [0.2, 0.25) is 6.29 Å². The van der Waals surface area contributed by atoms with Crippen LogP contribution in [0.15, 0.2) is 0 Å². The molecule has 36 heavy (non-hydrogen) atoms. The molecule has 3 saturated heterocycles. The van der Waals surface area contributed by atoms with Gasteiger partial charge in [-0.1, -0.05) is 0 Å². The van der Waals surface area contributed by atoms with Crippen molar-refractivity contribution in [1.29, 1.82) is 0 Å². The van der Waals surface area contributed by atoms with Gasteiger partial charge in [0.15, 0.2) is 23.8 Å². The van der Waals surface area contributed by atoms with E-state index in [9.17, 15) is 55.9 Å². The maximum Gasteiger partial charge on any atom is 0.295 e. The summed E-state index contributed by atoms with van der Waals surface area (Å²) in [5.74, 6) is 0. The van der Waals surface area contributed by atoms with Crippen molar-refractivity contribution in [3.63, 3.8) is 0 Å². The molecule has 1 saturated carbocycles. The number of aliphatic hydroxyl groups excluding tert-OH is 10. The minimum absolute atomic E-state index is 0.0556. The van der Waals surface area contributed by atoms with Crippen LogP contribution in [0.4, 0.5) is 0 Å². The molecular weight excluding hydrogens is 500 g/mol. The van der Waals surface area contributed by atoms with E-state index in [4.69, 9.17) is 28.4 Å². The van der Waals surface area contributed by atoms with Gasteiger partial charge < -0.3 is 79.5 Å². The molecule has 0 radical (unpaired) electrons. The molecule has 4 rings (SSSR count). The second kappa shape index (κ2) is 10.2. The van der Waals surface area contributed by atoms with Gasteiger partial charge in [0.1, 0.15) is 61.0 Å². The second-order valence-electron chi connectivity index (χ2n) is 9.04. The van der Waals surface area contributed by atoms with Crippen molar-refractivity contribution in [1.82, 2.24) is 0 Å². The van der Waals surface area contributed by atoms with Crippen molar-refractivity contribution in [3.05, 3.63) is 0 Å². The fraction of sp³-hybridized carbons (Fsp3) is 0.947. The first kappa shape index (κ1) is 27.9. The van der Waals surface area contributed by atoms with E-state index < -0.39 is 111 Å². The number of aliphatic hydroxyl groups is 10. The van der Waals surface area contributed by atoms with Gasteiger partial charge in [0, 0.05) is 0 Å². The average Bonchev–Trinajstić information content (AvgIpc) is 2.87. The minimum Gasteiger partial charge on any atom is -0.434 e. The zero-order valence-corrected chi connectivity index (χ0v) is 18.5. The first-order valence-corrected chi connectivity index (χ1v) is 11.0. The van der Waals surface area contributed by atoms with Crippen LogP contribution in [0.3, 0.4) is 0 Å². The van der Waals surface area contributed by atoms with Crippen molar-refractivity contribution in [2.45, 2.75) is 91.1 Å². The highest BCUT2D eigenvalue weighted by molar-refractivity contribution is 5.41. The number of fused-ring (bicyclic) bond motifs is 1. The molecule has 0 amide bonds. The molecule has 17 heteroatoms. The van der Waals surface area contributed by atoms with Gasteiger partial charge in [0.05, 0.1) is 19.8 Å². The third-order valence-corrected chi connectivity index (χ3v) is 7.22. The summed E-state index contributed by atoms with van der Waals surface area (Å²) in [6.07, 6.45) is -22.6. The first-order valence-electron chi connectivity index (χ1n) is 11.0. The smallest absolute Gasteiger partial charge is 0.295 e. The highest BCUT2D eigenvalue weighted by Crippen LogP contribution is 2.62. The number of ether oxygens (including phenoxy) is 6. The zero-order valence-electron chi connectivity index (χ0n) is 18.5. The highest BCUT2D eigenvalue weighted by atomic mass is 16.8. The Balaban J connectivity index is 1.65. The third-order valence-electron chi connectivity index (χ3n) is 7.22. The van der Waals surface area contributed by atoms with Crippen LogP contribution in [0.5, 0.6) is 0 Å². The van der Waals surface area contributed by atoms with Crippen LogP contribution in [-0.4, -0.2) is 168 Å². The molecule has 15 unspecified atom stereocenters. The van der Waals surface area contributed by atoms with Crippen LogP contribution in [0.2, 0.25) is 0 Å². The standard InChI is InChI=1S/C19H30O17/c20-1-5-7(24)9(26)11(28)15(32-5)34-14-13(30)18(3-22)19(14,17(36-18)31-4-23)35-16-12(29)10(27)8(25)6(2-21)33-16/h4-17,20-22,24-30H,1-3H2. The number of carbonyl (C=O) groups excluding carboxylic acids is 1. The van der Waals surface area contributed by atoms with Crippen LogP contribution in [0.1, 0.15) is 0 Å². The van der Waals surface area contributed by atoms with Crippen LogP contribution in [0, 0.1) is 0 Å². The van der Waals surface area contributed by atoms with Crippen LogP contribution >= 0.6 is 0 Å². The van der Waals surface area contributed by atoms with Crippen molar-refractivity contribution in [3.8, 4) is 0 Å². The SMILES string of the molecule is O=COC1OC2(CO)C(O)C(OC3OC(CO)C(O)C(O)C3O)C12OC1OC(CO)C(O)C(O)C1O. The largest absolute Gasteiger partial charge is 0.434 e. The van der Waals surface area contributed by atoms with E-state index in [1.807, 2.05) is 0 Å². The molecule has 3 aliphatic heterocycles. The molecule has 15 atom stereocenters. The van der Waals surface area contributed by atoms with Crippen molar-refractivity contribution in [2.24, 2.45) is 0 Å². The summed E-state index contributed by atoms with van der Waals surface area (Å²) >= 11 is 0. The van der Waals surface area contributed by atoms with E-state index in [0.717, 1.165) is 0 Å². The zero-order chi connectivity index (χ0) is 26.6. The summed E-state index contributed by atoms with van der Waals surface area (Å²) in [4.78, 5) is 11.1. The van der Waals surface area contributed by atoms with Gasteiger partial charge in [-0.25, -0.2) is 0 Å². The quantitative estimate of drug-likeness (QED) is 0.124. The molecule has 17 nitrogen and oxygen atoms in total. The molecular formula is C19H30O17. The molecule has 0 spiro atoms. The number of hydrogen-bond acceptors (Lipinski definition) is 17. The monoisotopic (exact) mass is 530 g/mol. The normalized spacial score (nSPS) is 54.7. The summed E-state index contributed by atoms with van der Waals surface area (Å²) in [6, 6.07) is 0. The van der Waals surface area contributed by atoms with Gasteiger partial charge in [-0.2, -0.15) is 0 Å². The molecule has 4 aliphatic rings. The summed E-state index contributed by atoms with van der Waals surface area (Å²) in [5.41, 5.74) is -4.23. The van der Waals surface area contributed by atoms with Crippen molar-refractivity contribution in [2.75, 3.05) is 19.8 Å². The Labute approximate surface area is 202 Å². The summed E-state index contributed by atoms with van der Waals surface area (Å²) in [5, 5.41) is 101. The molecule has 4 fully saturated rings. The fourth-order valence-corrected chi connectivity index (χ4v) is 5.08. The Kier molecular flexibility index (Phi) is 7.91. The van der Waals surface area contributed by atoms with Crippen molar-refractivity contribution < 1.29 is 84.3 Å². The maximum absolute atomic E-state index is 11.1. The molecule has 1 aliphatic carbocycles. The van der Waals surface area contributed by atoms with Gasteiger partial charge in [-0.05, 0) is 0 Å². The lowest BCUT2D eigenvalue weighted by Crippen LogP contribution is -2.97. The van der Waals surface area contributed by atoms with Gasteiger partial charge >= 0.3 is 0 Å². The van der Waals surface area contributed by atoms with Gasteiger partial charge in [0.25, 0.3) is 6.47 Å². The van der Waals surface area contributed by atoms with E-state index in [0.29, 0.717) is 0 Å². The third kappa shape index (κ3) is 3.79. The van der Waals surface area contributed by atoms with E-state index in [1.54, 1.807) is 0 Å². The molecule has 3 heterocycles. The molecule has 0 aromatic heterocycles. The lowest BCUT2D eigenvalue weighted by molar-refractivity contribution is -0.552. The van der Waals surface area contributed by atoms with Crippen LogP contribution < -0.4 is 0 Å². The number of rotatable bonds is 9. The van der Waals surface area contributed by atoms with Crippen LogP contribution in [-0.2, 0) is 33.2 Å². The minimum atomic E-state index is -2.19. The molecule has 0 aromatic carbocycles. The molecule has 10 N–H and O–H groups in total. The lowest BCUT2D eigenvalue weighted by Gasteiger charge is -2.73. The predicted molar refractivity (Wildman–Crippen MR) is 104 cm³/mol. The number of hydrogen-bond donors (Lipinski definition) is 10. The maximum atomic E-state index is 11.1. The summed E-state index contributed by atoms with van der Waals surface area (Å²) < 4.78 is 32.2. The molecule has 0 aromatic rings. The number of carbonyl (C=O) groups is 1. The summed E-state index contributed by atoms with van der Waals surface area (Å²) in [6.45, 7) is -2.61. The van der Waals surface area contributed by atoms with E-state index in [-0.39, 0.29) is 6.47 Å².